The summed E-state index contributed by atoms with van der Waals surface area (Å²) in [5.74, 6) is -0.495. The molecule has 2 heterocycles. The Kier molecular flexibility index (Phi) is 4.63. The zero-order chi connectivity index (χ0) is 20.5. The van der Waals surface area contributed by atoms with Crippen LogP contribution in [0.4, 0.5) is 0 Å². The van der Waals surface area contributed by atoms with E-state index in [0.717, 1.165) is 12.8 Å². The van der Waals surface area contributed by atoms with Gasteiger partial charge in [-0.25, -0.2) is 4.79 Å². The van der Waals surface area contributed by atoms with Crippen molar-refractivity contribution in [2.24, 2.45) is 5.41 Å². The van der Waals surface area contributed by atoms with E-state index in [1.54, 1.807) is 6.08 Å². The number of esters is 1. The van der Waals surface area contributed by atoms with E-state index in [2.05, 4.69) is 54.6 Å². The minimum Gasteiger partial charge on any atom is -0.429 e. The molecule has 1 N–H and O–H groups in total. The smallest absolute Gasteiger partial charge is 0.340 e. The van der Waals surface area contributed by atoms with Gasteiger partial charge in [0.25, 0.3) is 0 Å². The predicted octanol–water partition coefficient (Wildman–Crippen LogP) is 4.08. The van der Waals surface area contributed by atoms with Crippen molar-refractivity contribution in [1.82, 2.24) is 0 Å². The van der Waals surface area contributed by atoms with E-state index in [1.165, 1.54) is 6.08 Å². The number of fused-ring (bicyclic) bond motifs is 1. The van der Waals surface area contributed by atoms with Gasteiger partial charge in [-0.2, -0.15) is 0 Å². The molecule has 2 aliphatic heterocycles. The fourth-order valence-electron chi connectivity index (χ4n) is 4.48. The lowest BCUT2D eigenvalue weighted by molar-refractivity contribution is -0.150. The molecule has 4 atom stereocenters. The largest absolute Gasteiger partial charge is 0.429 e. The van der Waals surface area contributed by atoms with Gasteiger partial charge >= 0.3 is 5.97 Å². The van der Waals surface area contributed by atoms with Crippen LogP contribution in [0.5, 0.6) is 0 Å². The van der Waals surface area contributed by atoms with Crippen LogP contribution >= 0.6 is 0 Å². The fraction of sp³-hybridized carbons (Fsp3) is 0.762. The van der Waals surface area contributed by atoms with Crippen LogP contribution in [0.15, 0.2) is 23.8 Å². The van der Waals surface area contributed by atoms with Gasteiger partial charge in [0.1, 0.15) is 11.2 Å². The summed E-state index contributed by atoms with van der Waals surface area (Å²) in [6, 6.07) is 0. The summed E-state index contributed by atoms with van der Waals surface area (Å²) in [6.45, 7) is 17.9. The molecule has 27 heavy (non-hydrogen) atoms. The molecule has 0 bridgehead atoms. The van der Waals surface area contributed by atoms with Crippen molar-refractivity contribution in [3.63, 3.8) is 0 Å². The van der Waals surface area contributed by atoms with Gasteiger partial charge in [-0.1, -0.05) is 34.6 Å². The van der Waals surface area contributed by atoms with Crippen LogP contribution in [-0.2, 0) is 18.7 Å². The van der Waals surface area contributed by atoms with Gasteiger partial charge in [0.2, 0.25) is 6.29 Å². The van der Waals surface area contributed by atoms with Crippen molar-refractivity contribution in [2.45, 2.75) is 96.1 Å². The molecule has 1 aliphatic carbocycles. The lowest BCUT2D eigenvalue weighted by Gasteiger charge is -2.45. The van der Waals surface area contributed by atoms with Crippen molar-refractivity contribution in [2.75, 3.05) is 0 Å². The number of carbonyl (C=O) groups is 1. The average molecular weight is 395 g/mol. The molecular formula is C21H34O5Si. The molecule has 152 valence electrons. The molecule has 6 heteroatoms. The normalized spacial score (nSPS) is 38.6. The van der Waals surface area contributed by atoms with E-state index in [-0.39, 0.29) is 22.2 Å². The average Bonchev–Trinajstić information content (AvgIpc) is 2.94. The monoisotopic (exact) mass is 394 g/mol. The Balaban J connectivity index is 1.79. The molecule has 0 radical (unpaired) electrons. The van der Waals surface area contributed by atoms with Crippen LogP contribution < -0.4 is 0 Å². The van der Waals surface area contributed by atoms with Crippen LogP contribution in [0.3, 0.4) is 0 Å². The van der Waals surface area contributed by atoms with Crippen molar-refractivity contribution < 1.29 is 23.8 Å². The number of aliphatic hydroxyl groups excluding tert-OH is 1. The number of rotatable bonds is 4. The summed E-state index contributed by atoms with van der Waals surface area (Å²) in [4.78, 5) is 11.8. The molecule has 0 amide bonds. The molecule has 0 aromatic carbocycles. The summed E-state index contributed by atoms with van der Waals surface area (Å²) in [5.41, 5.74) is -0.488. The van der Waals surface area contributed by atoms with E-state index in [4.69, 9.17) is 13.9 Å². The first-order valence-electron chi connectivity index (χ1n) is 9.81. The predicted molar refractivity (Wildman–Crippen MR) is 107 cm³/mol. The second kappa shape index (κ2) is 6.02. The highest BCUT2D eigenvalue weighted by atomic mass is 28.4. The van der Waals surface area contributed by atoms with Crippen molar-refractivity contribution in [3.8, 4) is 0 Å². The van der Waals surface area contributed by atoms with E-state index < -0.39 is 26.2 Å². The first-order valence-corrected chi connectivity index (χ1v) is 12.7. The topological polar surface area (TPSA) is 68.3 Å². The maximum Gasteiger partial charge on any atom is 0.340 e. The maximum atomic E-state index is 11.8. The van der Waals surface area contributed by atoms with E-state index in [1.807, 2.05) is 6.08 Å². The van der Waals surface area contributed by atoms with Crippen LogP contribution in [0.2, 0.25) is 18.1 Å². The van der Waals surface area contributed by atoms with Gasteiger partial charge in [0, 0.05) is 17.9 Å². The number of ether oxygens (including phenoxy) is 2. The quantitative estimate of drug-likeness (QED) is 0.442. The SMILES string of the molecule is CC1(C)C[C@H](O[Si](C)(C)C(C)(C)C)C[C@@]2(C)O[C@@]12/C=C/C1=CC(O)OC1=O. The summed E-state index contributed by atoms with van der Waals surface area (Å²) in [5, 5.41) is 9.62. The maximum absolute atomic E-state index is 11.8. The lowest BCUT2D eigenvalue weighted by atomic mass is 9.63. The second-order valence-corrected chi connectivity index (χ2v) is 15.4. The van der Waals surface area contributed by atoms with Crippen LogP contribution in [0.25, 0.3) is 0 Å². The highest BCUT2D eigenvalue weighted by Gasteiger charge is 2.75. The first-order chi connectivity index (χ1) is 12.1. The Morgan fingerprint density at radius 2 is 1.89 bits per heavy atom. The van der Waals surface area contributed by atoms with Crippen molar-refractivity contribution >= 4 is 14.3 Å². The second-order valence-electron chi connectivity index (χ2n) is 10.6. The molecule has 1 saturated carbocycles. The van der Waals surface area contributed by atoms with Gasteiger partial charge in [-0.3, -0.25) is 0 Å². The van der Waals surface area contributed by atoms with Crippen molar-refractivity contribution in [3.05, 3.63) is 23.8 Å². The molecule has 5 nitrogen and oxygen atoms in total. The molecule has 3 rings (SSSR count). The Hall–Kier alpha value is -0.953. The van der Waals surface area contributed by atoms with E-state index in [0.29, 0.717) is 5.57 Å². The lowest BCUT2D eigenvalue weighted by Crippen LogP contribution is -2.51. The molecule has 0 aromatic heterocycles. The number of cyclic esters (lactones) is 1. The third-order valence-electron chi connectivity index (χ3n) is 7.04. The third-order valence-corrected chi connectivity index (χ3v) is 11.6. The van der Waals surface area contributed by atoms with Gasteiger partial charge in [-0.05, 0) is 49.7 Å². The minimum atomic E-state index is -1.85. The molecule has 2 fully saturated rings. The van der Waals surface area contributed by atoms with E-state index in [9.17, 15) is 9.90 Å². The Labute approximate surface area is 163 Å². The molecule has 0 spiro atoms. The number of aliphatic hydroxyl groups is 1. The molecule has 0 aromatic rings. The zero-order valence-corrected chi connectivity index (χ0v) is 18.9. The highest BCUT2D eigenvalue weighted by molar-refractivity contribution is 6.74. The third kappa shape index (κ3) is 3.35. The summed E-state index contributed by atoms with van der Waals surface area (Å²) in [6.07, 6.45) is 5.93. The molecule has 1 unspecified atom stereocenters. The Bertz CT molecular complexity index is 702. The molecule has 1 saturated heterocycles. The highest BCUT2D eigenvalue weighted by Crippen LogP contribution is 2.66. The Morgan fingerprint density at radius 3 is 2.37 bits per heavy atom. The summed E-state index contributed by atoms with van der Waals surface area (Å²) >= 11 is 0. The molecule has 3 aliphatic rings. The first kappa shape index (κ1) is 20.8. The van der Waals surface area contributed by atoms with Gasteiger partial charge in [0.05, 0.1) is 5.57 Å². The zero-order valence-electron chi connectivity index (χ0n) is 17.9. The van der Waals surface area contributed by atoms with Gasteiger partial charge < -0.3 is 19.0 Å². The van der Waals surface area contributed by atoms with Crippen LogP contribution in [0.1, 0.15) is 54.4 Å². The minimum absolute atomic E-state index is 0.134. The summed E-state index contributed by atoms with van der Waals surface area (Å²) in [7, 11) is -1.85. The van der Waals surface area contributed by atoms with Crippen LogP contribution in [-0.4, -0.2) is 43.0 Å². The standard InChI is InChI=1S/C21H34O5Si/c1-18(2,3)27(7,8)25-15-12-19(4,5)21(20(6,13-15)26-21)10-9-14-11-16(22)24-17(14)23/h9-11,15-16,22H,12-13H2,1-8H3/b10-9+/t15-,16?,20+,21-/m0/s1. The summed E-state index contributed by atoms with van der Waals surface area (Å²) < 4.78 is 17.8. The van der Waals surface area contributed by atoms with Gasteiger partial charge in [0.15, 0.2) is 8.32 Å². The molecular weight excluding hydrogens is 360 g/mol. The fourth-order valence-corrected chi connectivity index (χ4v) is 5.83. The van der Waals surface area contributed by atoms with Crippen LogP contribution in [0, 0.1) is 5.41 Å². The van der Waals surface area contributed by atoms with Gasteiger partial charge in [-0.15, -0.1) is 0 Å². The van der Waals surface area contributed by atoms with Crippen molar-refractivity contribution in [1.29, 1.82) is 0 Å². The number of hydrogen-bond donors (Lipinski definition) is 1. The number of hydrogen-bond acceptors (Lipinski definition) is 5. The Morgan fingerprint density at radius 1 is 1.26 bits per heavy atom. The number of carbonyl (C=O) groups excluding carboxylic acids is 1. The number of epoxide rings is 1. The van der Waals surface area contributed by atoms with E-state index >= 15 is 0 Å².